The summed E-state index contributed by atoms with van der Waals surface area (Å²) < 4.78 is 38.0. The minimum Gasteiger partial charge on any atom is -0.389 e. The van der Waals surface area contributed by atoms with Crippen LogP contribution in [-0.4, -0.2) is 50.8 Å². The number of nitrogens with zero attached hydrogens (tertiary/aromatic N) is 2. The molecule has 3 rings (SSSR count). The quantitative estimate of drug-likeness (QED) is 0.857. The Hall–Kier alpha value is -2.29. The number of hydrogen-bond acceptors (Lipinski definition) is 3. The van der Waals surface area contributed by atoms with Gasteiger partial charge in [-0.2, -0.15) is 13.2 Å². The first-order chi connectivity index (χ1) is 10.2. The van der Waals surface area contributed by atoms with Crippen LogP contribution >= 0.6 is 0 Å². The number of halogens is 3. The zero-order chi connectivity index (χ0) is 16.1. The van der Waals surface area contributed by atoms with Gasteiger partial charge in [-0.25, -0.2) is 4.79 Å². The van der Waals surface area contributed by atoms with Gasteiger partial charge in [0.2, 0.25) is 0 Å². The molecular weight excluding hydrogens is 303 g/mol. The van der Waals surface area contributed by atoms with E-state index in [4.69, 9.17) is 0 Å². The molecule has 9 heteroatoms. The molecule has 118 valence electrons. The highest BCUT2D eigenvalue weighted by Crippen LogP contribution is 2.21. The second kappa shape index (κ2) is 4.87. The standard InChI is InChI=1S/C13H12F3N3O3/c14-13(15,16)6-19-10-2-1-7(3-9(10)17-12(19)22)11(21)18-4-8(20)5-18/h1-3,8,20H,4-6H2,(H,17,22). The van der Waals surface area contributed by atoms with Crippen molar-refractivity contribution in [2.24, 2.45) is 0 Å². The summed E-state index contributed by atoms with van der Waals surface area (Å²) >= 11 is 0. The van der Waals surface area contributed by atoms with Gasteiger partial charge in [0, 0.05) is 18.7 Å². The minimum absolute atomic E-state index is 0.0857. The summed E-state index contributed by atoms with van der Waals surface area (Å²) in [4.78, 5) is 27.4. The molecule has 0 saturated carbocycles. The van der Waals surface area contributed by atoms with Crippen LogP contribution in [0.25, 0.3) is 11.0 Å². The monoisotopic (exact) mass is 315 g/mol. The molecule has 6 nitrogen and oxygen atoms in total. The molecule has 0 atom stereocenters. The summed E-state index contributed by atoms with van der Waals surface area (Å²) in [6.45, 7) is -0.942. The van der Waals surface area contributed by atoms with Crippen molar-refractivity contribution in [3.63, 3.8) is 0 Å². The Kier molecular flexibility index (Phi) is 3.24. The van der Waals surface area contributed by atoms with E-state index in [-0.39, 0.29) is 35.6 Å². The van der Waals surface area contributed by atoms with Crippen molar-refractivity contribution in [2.45, 2.75) is 18.8 Å². The number of benzene rings is 1. The van der Waals surface area contributed by atoms with Gasteiger partial charge in [-0.1, -0.05) is 0 Å². The maximum absolute atomic E-state index is 12.5. The number of imidazole rings is 1. The predicted octanol–water partition coefficient (Wildman–Crippen LogP) is 0.709. The normalized spacial score (nSPS) is 16.1. The Morgan fingerprint density at radius 2 is 2.05 bits per heavy atom. The Balaban J connectivity index is 1.95. The van der Waals surface area contributed by atoms with Crippen molar-refractivity contribution >= 4 is 16.9 Å². The van der Waals surface area contributed by atoms with Gasteiger partial charge in [-0.15, -0.1) is 0 Å². The van der Waals surface area contributed by atoms with E-state index in [9.17, 15) is 27.9 Å². The first-order valence-electron chi connectivity index (χ1n) is 6.51. The zero-order valence-corrected chi connectivity index (χ0v) is 11.2. The van der Waals surface area contributed by atoms with Crippen LogP contribution in [0.15, 0.2) is 23.0 Å². The van der Waals surface area contributed by atoms with Gasteiger partial charge in [0.05, 0.1) is 17.1 Å². The van der Waals surface area contributed by atoms with Crippen LogP contribution in [0.4, 0.5) is 13.2 Å². The number of nitrogens with one attached hydrogen (secondary N) is 1. The van der Waals surface area contributed by atoms with Gasteiger partial charge < -0.3 is 15.0 Å². The van der Waals surface area contributed by atoms with Gasteiger partial charge in [0.25, 0.3) is 5.91 Å². The lowest BCUT2D eigenvalue weighted by molar-refractivity contribution is -0.140. The fourth-order valence-electron chi connectivity index (χ4n) is 2.44. The molecule has 1 aliphatic heterocycles. The number of aliphatic hydroxyl groups excluding tert-OH is 1. The Morgan fingerprint density at radius 1 is 1.36 bits per heavy atom. The molecule has 2 heterocycles. The molecule has 0 unspecified atom stereocenters. The highest BCUT2D eigenvalue weighted by molar-refractivity contribution is 5.97. The fourth-order valence-corrected chi connectivity index (χ4v) is 2.44. The van der Waals surface area contributed by atoms with Crippen LogP contribution in [0.5, 0.6) is 0 Å². The highest BCUT2D eigenvalue weighted by Gasteiger charge is 2.31. The van der Waals surface area contributed by atoms with Gasteiger partial charge >= 0.3 is 11.9 Å². The number of rotatable bonds is 2. The number of amides is 1. The Morgan fingerprint density at radius 3 is 2.64 bits per heavy atom. The number of carbonyl (C=O) groups excluding carboxylic acids is 1. The van der Waals surface area contributed by atoms with Gasteiger partial charge in [0.1, 0.15) is 6.54 Å². The average Bonchev–Trinajstić information content (AvgIpc) is 2.68. The van der Waals surface area contributed by atoms with Crippen molar-refractivity contribution in [3.8, 4) is 0 Å². The van der Waals surface area contributed by atoms with Crippen molar-refractivity contribution in [2.75, 3.05) is 13.1 Å². The van der Waals surface area contributed by atoms with E-state index in [0.29, 0.717) is 4.57 Å². The van der Waals surface area contributed by atoms with E-state index in [2.05, 4.69) is 4.98 Å². The topological polar surface area (TPSA) is 78.3 Å². The smallest absolute Gasteiger partial charge is 0.389 e. The predicted molar refractivity (Wildman–Crippen MR) is 70.5 cm³/mol. The van der Waals surface area contributed by atoms with Crippen molar-refractivity contribution in [3.05, 3.63) is 34.2 Å². The number of fused-ring (bicyclic) bond motifs is 1. The summed E-state index contributed by atoms with van der Waals surface area (Å²) in [7, 11) is 0. The summed E-state index contributed by atoms with van der Waals surface area (Å²) in [5, 5.41) is 9.18. The molecule has 1 amide bonds. The largest absolute Gasteiger partial charge is 0.406 e. The van der Waals surface area contributed by atoms with Crippen molar-refractivity contribution in [1.29, 1.82) is 0 Å². The molecule has 1 aromatic heterocycles. The Bertz CT molecular complexity index is 787. The second-order valence-corrected chi connectivity index (χ2v) is 5.23. The molecule has 0 radical (unpaired) electrons. The van der Waals surface area contributed by atoms with Crippen molar-refractivity contribution in [1.82, 2.24) is 14.5 Å². The maximum Gasteiger partial charge on any atom is 0.406 e. The van der Waals surface area contributed by atoms with Crippen LogP contribution < -0.4 is 5.69 Å². The molecular formula is C13H12F3N3O3. The van der Waals surface area contributed by atoms with Crippen LogP contribution in [0.2, 0.25) is 0 Å². The van der Waals surface area contributed by atoms with Gasteiger partial charge in [-0.3, -0.25) is 9.36 Å². The molecule has 1 saturated heterocycles. The fraction of sp³-hybridized carbons (Fsp3) is 0.385. The average molecular weight is 315 g/mol. The third kappa shape index (κ3) is 2.59. The number of aromatic amines is 1. The van der Waals surface area contributed by atoms with E-state index >= 15 is 0 Å². The van der Waals surface area contributed by atoms with E-state index in [1.54, 1.807) is 0 Å². The molecule has 0 aliphatic carbocycles. The first-order valence-corrected chi connectivity index (χ1v) is 6.51. The van der Waals surface area contributed by atoms with Gasteiger partial charge in [-0.05, 0) is 18.2 Å². The highest BCUT2D eigenvalue weighted by atomic mass is 19.4. The molecule has 0 spiro atoms. The molecule has 2 aromatic rings. The third-order valence-electron chi connectivity index (χ3n) is 3.51. The molecule has 1 aliphatic rings. The van der Waals surface area contributed by atoms with Crippen LogP contribution in [0, 0.1) is 0 Å². The summed E-state index contributed by atoms with van der Waals surface area (Å²) in [6.07, 6.45) is -5.05. The lowest BCUT2D eigenvalue weighted by Gasteiger charge is -2.35. The van der Waals surface area contributed by atoms with E-state index in [1.165, 1.54) is 23.1 Å². The number of aliphatic hydroxyl groups is 1. The molecule has 1 aromatic carbocycles. The molecule has 22 heavy (non-hydrogen) atoms. The van der Waals surface area contributed by atoms with Crippen molar-refractivity contribution < 1.29 is 23.1 Å². The summed E-state index contributed by atoms with van der Waals surface area (Å²) in [5.74, 6) is -0.336. The lowest BCUT2D eigenvalue weighted by atomic mass is 10.1. The second-order valence-electron chi connectivity index (χ2n) is 5.23. The maximum atomic E-state index is 12.5. The van der Waals surface area contributed by atoms with E-state index in [0.717, 1.165) is 0 Å². The lowest BCUT2D eigenvalue weighted by Crippen LogP contribution is -2.53. The molecule has 2 N–H and O–H groups in total. The number of H-pyrrole nitrogens is 1. The minimum atomic E-state index is -4.51. The number of β-amino-alcohol motifs (C(OH)–C–C–N with tert-alkyl or cyclic N) is 1. The number of hydrogen-bond donors (Lipinski definition) is 2. The SMILES string of the molecule is O=C(c1ccc2c(c1)[nH]c(=O)n2CC(F)(F)F)N1CC(O)C1. The van der Waals surface area contributed by atoms with E-state index < -0.39 is 24.5 Å². The Labute approximate surface area is 121 Å². The first kappa shape index (κ1) is 14.6. The number of likely N-dealkylation sites (tertiary alicyclic amines) is 1. The molecule has 0 bridgehead atoms. The number of aromatic nitrogens is 2. The number of carbonyl (C=O) groups is 1. The zero-order valence-electron chi connectivity index (χ0n) is 11.2. The van der Waals surface area contributed by atoms with E-state index in [1.807, 2.05) is 0 Å². The van der Waals surface area contributed by atoms with Crippen LogP contribution in [0.1, 0.15) is 10.4 Å². The number of alkyl halides is 3. The van der Waals surface area contributed by atoms with Crippen LogP contribution in [0.3, 0.4) is 0 Å². The molecule has 1 fully saturated rings. The van der Waals surface area contributed by atoms with Gasteiger partial charge in [0.15, 0.2) is 0 Å². The third-order valence-corrected chi connectivity index (χ3v) is 3.51. The summed E-state index contributed by atoms with van der Waals surface area (Å²) in [6, 6.07) is 4.02. The summed E-state index contributed by atoms with van der Waals surface area (Å²) in [5.41, 5.74) is -0.375. The van der Waals surface area contributed by atoms with Crippen LogP contribution in [-0.2, 0) is 6.54 Å².